The van der Waals surface area contributed by atoms with Gasteiger partial charge in [-0.3, -0.25) is 4.57 Å². The summed E-state index contributed by atoms with van der Waals surface area (Å²) in [5.41, 5.74) is 0.918. The summed E-state index contributed by atoms with van der Waals surface area (Å²) in [7, 11) is -1.74. The molecule has 1 amide bonds. The van der Waals surface area contributed by atoms with Crippen LogP contribution in [0.1, 0.15) is 40.2 Å². The third-order valence-corrected chi connectivity index (χ3v) is 5.26. The van der Waals surface area contributed by atoms with E-state index in [4.69, 9.17) is 18.5 Å². The predicted molar refractivity (Wildman–Crippen MR) is 105 cm³/mol. The van der Waals surface area contributed by atoms with Crippen molar-refractivity contribution in [2.45, 2.75) is 59.5 Å². The molecular formula is C19H32NO6P. The highest BCUT2D eigenvalue weighted by Gasteiger charge is 2.29. The van der Waals surface area contributed by atoms with E-state index in [2.05, 4.69) is 0 Å². The lowest BCUT2D eigenvalue weighted by molar-refractivity contribution is 0.0394. The van der Waals surface area contributed by atoms with Crippen molar-refractivity contribution in [3.63, 3.8) is 0 Å². The van der Waals surface area contributed by atoms with Crippen LogP contribution in [0.25, 0.3) is 0 Å². The molecule has 0 saturated heterocycles. The molecule has 7 nitrogen and oxygen atoms in total. The molecule has 27 heavy (non-hydrogen) atoms. The highest BCUT2D eigenvalue weighted by molar-refractivity contribution is 7.53. The van der Waals surface area contributed by atoms with Gasteiger partial charge < -0.3 is 23.4 Å². The van der Waals surface area contributed by atoms with Gasteiger partial charge in [0.05, 0.1) is 18.3 Å². The average molecular weight is 401 g/mol. The fraction of sp³-hybridized carbons (Fsp3) is 0.632. The van der Waals surface area contributed by atoms with E-state index in [1.54, 1.807) is 41.7 Å². The van der Waals surface area contributed by atoms with Crippen molar-refractivity contribution < 1.29 is 27.9 Å². The first-order valence-electron chi connectivity index (χ1n) is 9.10. The summed E-state index contributed by atoms with van der Waals surface area (Å²) in [6.45, 7) is 9.44. The minimum Gasteiger partial charge on any atom is -0.445 e. The average Bonchev–Trinajstić information content (AvgIpc) is 2.57. The SMILES string of the molecule is CC(C)OP(=O)(CO[C@H](C)CN(C)C(=O)OCc1ccccc1)OC(C)C. The molecule has 0 fully saturated rings. The number of ether oxygens (including phenoxy) is 2. The van der Waals surface area contributed by atoms with Crippen LogP contribution >= 0.6 is 7.60 Å². The number of carbonyl (C=O) groups is 1. The molecule has 0 aliphatic heterocycles. The summed E-state index contributed by atoms with van der Waals surface area (Å²) in [4.78, 5) is 13.5. The fourth-order valence-corrected chi connectivity index (χ4v) is 4.18. The number of carbonyl (C=O) groups excluding carboxylic acids is 1. The number of hydrogen-bond acceptors (Lipinski definition) is 6. The third kappa shape index (κ3) is 9.91. The molecule has 0 saturated carbocycles. The molecule has 0 spiro atoms. The first-order chi connectivity index (χ1) is 12.6. The number of benzene rings is 1. The lowest BCUT2D eigenvalue weighted by Crippen LogP contribution is -2.35. The van der Waals surface area contributed by atoms with Gasteiger partial charge >= 0.3 is 13.7 Å². The van der Waals surface area contributed by atoms with Crippen LogP contribution < -0.4 is 0 Å². The first kappa shape index (κ1) is 23.6. The summed E-state index contributed by atoms with van der Waals surface area (Å²) in [6, 6.07) is 9.46. The topological polar surface area (TPSA) is 74.3 Å². The van der Waals surface area contributed by atoms with E-state index in [9.17, 15) is 9.36 Å². The maximum atomic E-state index is 12.7. The van der Waals surface area contributed by atoms with Gasteiger partial charge in [-0.05, 0) is 40.2 Å². The zero-order valence-electron chi connectivity index (χ0n) is 17.1. The van der Waals surface area contributed by atoms with Crippen molar-refractivity contribution >= 4 is 13.7 Å². The molecule has 0 bridgehead atoms. The maximum Gasteiger partial charge on any atom is 0.409 e. The summed E-state index contributed by atoms with van der Waals surface area (Å²) >= 11 is 0. The zero-order valence-corrected chi connectivity index (χ0v) is 18.0. The van der Waals surface area contributed by atoms with Crippen LogP contribution in [0.2, 0.25) is 0 Å². The van der Waals surface area contributed by atoms with E-state index in [0.717, 1.165) is 5.56 Å². The fourth-order valence-electron chi connectivity index (χ4n) is 2.29. The van der Waals surface area contributed by atoms with Crippen molar-refractivity contribution in [3.8, 4) is 0 Å². The van der Waals surface area contributed by atoms with Crippen LogP contribution in [-0.4, -0.2) is 49.2 Å². The summed E-state index contributed by atoms with van der Waals surface area (Å²) in [6.07, 6.45) is -1.47. The van der Waals surface area contributed by atoms with E-state index in [1.807, 2.05) is 30.3 Å². The highest BCUT2D eigenvalue weighted by Crippen LogP contribution is 2.50. The Morgan fingerprint density at radius 2 is 1.59 bits per heavy atom. The molecule has 0 aliphatic rings. The van der Waals surface area contributed by atoms with Crippen LogP contribution in [0.3, 0.4) is 0 Å². The Kier molecular flexibility index (Phi) is 10.0. The number of amides is 1. The lowest BCUT2D eigenvalue weighted by Gasteiger charge is -2.26. The molecular weight excluding hydrogens is 369 g/mol. The molecule has 1 aromatic carbocycles. The molecule has 0 heterocycles. The smallest absolute Gasteiger partial charge is 0.409 e. The minimum absolute atomic E-state index is 0.169. The van der Waals surface area contributed by atoms with Gasteiger partial charge in [-0.1, -0.05) is 30.3 Å². The van der Waals surface area contributed by atoms with Crippen LogP contribution in [-0.2, 0) is 29.7 Å². The predicted octanol–water partition coefficient (Wildman–Crippen LogP) is 4.66. The zero-order chi connectivity index (χ0) is 20.4. The summed E-state index contributed by atoms with van der Waals surface area (Å²) in [5.74, 6) is 0. The Morgan fingerprint density at radius 1 is 1.04 bits per heavy atom. The summed E-state index contributed by atoms with van der Waals surface area (Å²) in [5, 5.41) is 0. The second-order valence-corrected chi connectivity index (χ2v) is 8.85. The third-order valence-electron chi connectivity index (χ3n) is 3.31. The van der Waals surface area contributed by atoms with Crippen LogP contribution in [0.5, 0.6) is 0 Å². The highest BCUT2D eigenvalue weighted by atomic mass is 31.2. The maximum absolute atomic E-state index is 12.7. The van der Waals surface area contributed by atoms with Gasteiger partial charge in [0.25, 0.3) is 0 Å². The van der Waals surface area contributed by atoms with E-state index in [-0.39, 0.29) is 37.8 Å². The van der Waals surface area contributed by atoms with Gasteiger partial charge in [0.15, 0.2) is 0 Å². The van der Waals surface area contributed by atoms with Gasteiger partial charge in [0, 0.05) is 13.6 Å². The molecule has 1 atom stereocenters. The van der Waals surface area contributed by atoms with Gasteiger partial charge in [0.1, 0.15) is 13.0 Å². The molecule has 0 unspecified atom stereocenters. The van der Waals surface area contributed by atoms with Crippen LogP contribution in [0.15, 0.2) is 30.3 Å². The Bertz CT molecular complexity index is 593. The molecule has 0 N–H and O–H groups in total. The number of rotatable bonds is 11. The van der Waals surface area contributed by atoms with Crippen molar-refractivity contribution in [3.05, 3.63) is 35.9 Å². The normalized spacial score (nSPS) is 13.0. The monoisotopic (exact) mass is 401 g/mol. The van der Waals surface area contributed by atoms with Crippen LogP contribution in [0.4, 0.5) is 4.79 Å². The Morgan fingerprint density at radius 3 is 2.11 bits per heavy atom. The van der Waals surface area contributed by atoms with E-state index in [1.165, 1.54) is 4.90 Å². The van der Waals surface area contributed by atoms with Crippen molar-refractivity contribution in [1.29, 1.82) is 0 Å². The number of nitrogens with zero attached hydrogens (tertiary/aromatic N) is 1. The Labute approximate surface area is 162 Å². The standard InChI is InChI=1S/C19H32NO6P/c1-15(2)25-27(22,26-16(3)4)14-24-17(5)12-20(6)19(21)23-13-18-10-8-7-9-11-18/h7-11,15-17H,12-14H2,1-6H3/t17-/m1/s1. The molecule has 8 heteroatoms. The molecule has 0 aliphatic carbocycles. The Hall–Kier alpha value is -1.40. The van der Waals surface area contributed by atoms with Gasteiger partial charge in [0.2, 0.25) is 0 Å². The molecule has 0 aromatic heterocycles. The van der Waals surface area contributed by atoms with Gasteiger partial charge in [-0.15, -0.1) is 0 Å². The lowest BCUT2D eigenvalue weighted by atomic mass is 10.2. The van der Waals surface area contributed by atoms with Crippen molar-refractivity contribution in [2.24, 2.45) is 0 Å². The van der Waals surface area contributed by atoms with Crippen LogP contribution in [0, 0.1) is 0 Å². The summed E-state index contributed by atoms with van der Waals surface area (Å²) < 4.78 is 34.5. The van der Waals surface area contributed by atoms with E-state index in [0.29, 0.717) is 0 Å². The second-order valence-electron chi connectivity index (χ2n) is 6.95. The van der Waals surface area contributed by atoms with E-state index < -0.39 is 13.7 Å². The molecule has 0 radical (unpaired) electrons. The van der Waals surface area contributed by atoms with Crippen molar-refractivity contribution in [2.75, 3.05) is 19.9 Å². The largest absolute Gasteiger partial charge is 0.445 e. The Balaban J connectivity index is 2.45. The quantitative estimate of drug-likeness (QED) is 0.502. The molecule has 1 aromatic rings. The second kappa shape index (κ2) is 11.4. The molecule has 1 rings (SSSR count). The number of hydrogen-bond donors (Lipinski definition) is 0. The van der Waals surface area contributed by atoms with Crippen molar-refractivity contribution in [1.82, 2.24) is 4.90 Å². The first-order valence-corrected chi connectivity index (χ1v) is 10.8. The van der Waals surface area contributed by atoms with Gasteiger partial charge in [-0.2, -0.15) is 0 Å². The molecule has 154 valence electrons. The van der Waals surface area contributed by atoms with Gasteiger partial charge in [-0.25, -0.2) is 4.79 Å². The number of likely N-dealkylation sites (N-methyl/N-ethyl adjacent to an activating group) is 1. The minimum atomic E-state index is -3.36. The van der Waals surface area contributed by atoms with E-state index >= 15 is 0 Å².